The summed E-state index contributed by atoms with van der Waals surface area (Å²) in [5.41, 5.74) is 2.81. The third kappa shape index (κ3) is 2.05. The monoisotopic (exact) mass is 293 g/mol. The second-order valence-corrected chi connectivity index (χ2v) is 6.13. The SMILES string of the molecule is Cc1cccc2c1N(C)C(=O)[C@]2(C)CC(=O)c1ccccc1. The van der Waals surface area contributed by atoms with E-state index in [1.807, 2.05) is 50.2 Å². The molecule has 0 aliphatic carbocycles. The molecule has 0 saturated heterocycles. The minimum Gasteiger partial charge on any atom is -0.314 e. The van der Waals surface area contributed by atoms with Crippen LogP contribution in [0.15, 0.2) is 48.5 Å². The van der Waals surface area contributed by atoms with E-state index in [1.165, 1.54) is 0 Å². The van der Waals surface area contributed by atoms with Crippen molar-refractivity contribution < 1.29 is 9.59 Å². The molecule has 0 fully saturated rings. The highest BCUT2D eigenvalue weighted by Gasteiger charge is 2.47. The molecule has 0 unspecified atom stereocenters. The predicted molar refractivity (Wildman–Crippen MR) is 87.3 cm³/mol. The lowest BCUT2D eigenvalue weighted by atomic mass is 9.78. The van der Waals surface area contributed by atoms with Crippen LogP contribution in [0.4, 0.5) is 5.69 Å². The Kier molecular flexibility index (Phi) is 3.36. The number of anilines is 1. The number of Topliss-reactive ketones (excluding diaryl/α,β-unsaturated/α-hetero) is 1. The van der Waals surface area contributed by atoms with Crippen LogP contribution >= 0.6 is 0 Å². The molecular formula is C19H19NO2. The van der Waals surface area contributed by atoms with Gasteiger partial charge in [-0.05, 0) is 25.0 Å². The largest absolute Gasteiger partial charge is 0.314 e. The van der Waals surface area contributed by atoms with E-state index in [2.05, 4.69) is 0 Å². The van der Waals surface area contributed by atoms with Gasteiger partial charge in [0, 0.05) is 19.0 Å². The molecule has 3 nitrogen and oxygen atoms in total. The van der Waals surface area contributed by atoms with Crippen LogP contribution in [-0.4, -0.2) is 18.7 Å². The molecule has 3 heteroatoms. The molecule has 3 rings (SSSR count). The molecule has 1 atom stereocenters. The highest BCUT2D eigenvalue weighted by molar-refractivity contribution is 6.11. The Morgan fingerprint density at radius 3 is 2.45 bits per heavy atom. The first kappa shape index (κ1) is 14.5. The Morgan fingerprint density at radius 1 is 1.09 bits per heavy atom. The number of hydrogen-bond donors (Lipinski definition) is 0. The van der Waals surface area contributed by atoms with Crippen molar-refractivity contribution in [2.24, 2.45) is 0 Å². The molecule has 1 aliphatic heterocycles. The normalized spacial score (nSPS) is 20.1. The molecule has 0 bridgehead atoms. The van der Waals surface area contributed by atoms with Crippen molar-refractivity contribution in [1.82, 2.24) is 0 Å². The summed E-state index contributed by atoms with van der Waals surface area (Å²) in [7, 11) is 1.78. The molecule has 2 aromatic rings. The molecule has 0 N–H and O–H groups in total. The summed E-state index contributed by atoms with van der Waals surface area (Å²) < 4.78 is 0. The summed E-state index contributed by atoms with van der Waals surface area (Å²) in [5.74, 6) is -0.0136. The summed E-state index contributed by atoms with van der Waals surface area (Å²) >= 11 is 0. The summed E-state index contributed by atoms with van der Waals surface area (Å²) in [5, 5.41) is 0. The summed E-state index contributed by atoms with van der Waals surface area (Å²) in [6.07, 6.45) is 0.191. The van der Waals surface area contributed by atoms with Crippen LogP contribution in [0.5, 0.6) is 0 Å². The number of carbonyl (C=O) groups is 2. The van der Waals surface area contributed by atoms with Gasteiger partial charge in [0.15, 0.2) is 5.78 Å². The van der Waals surface area contributed by atoms with Crippen LogP contribution in [0.25, 0.3) is 0 Å². The number of nitrogens with zero attached hydrogens (tertiary/aromatic N) is 1. The Balaban J connectivity index is 2.02. The first-order chi connectivity index (χ1) is 10.4. The van der Waals surface area contributed by atoms with Gasteiger partial charge < -0.3 is 4.90 Å². The number of para-hydroxylation sites is 1. The lowest BCUT2D eigenvalue weighted by Gasteiger charge is -2.22. The number of hydrogen-bond acceptors (Lipinski definition) is 2. The minimum absolute atomic E-state index is 0.000735. The predicted octanol–water partition coefficient (Wildman–Crippen LogP) is 3.50. The number of rotatable bonds is 3. The van der Waals surface area contributed by atoms with Crippen LogP contribution in [0.3, 0.4) is 0 Å². The first-order valence-corrected chi connectivity index (χ1v) is 7.41. The maximum Gasteiger partial charge on any atom is 0.237 e. The van der Waals surface area contributed by atoms with E-state index < -0.39 is 5.41 Å². The molecule has 0 aromatic heterocycles. The average Bonchev–Trinajstić information content (AvgIpc) is 2.71. The third-order valence-electron chi connectivity index (χ3n) is 4.55. The number of aryl methyl sites for hydroxylation is 1. The molecule has 22 heavy (non-hydrogen) atoms. The van der Waals surface area contributed by atoms with Gasteiger partial charge >= 0.3 is 0 Å². The molecule has 2 aromatic carbocycles. The lowest BCUT2D eigenvalue weighted by molar-refractivity contribution is -0.122. The van der Waals surface area contributed by atoms with Crippen LogP contribution in [0.1, 0.15) is 34.8 Å². The van der Waals surface area contributed by atoms with E-state index in [-0.39, 0.29) is 18.1 Å². The van der Waals surface area contributed by atoms with Crippen LogP contribution < -0.4 is 4.90 Å². The van der Waals surface area contributed by atoms with Crippen molar-refractivity contribution in [1.29, 1.82) is 0 Å². The van der Waals surface area contributed by atoms with Crippen LogP contribution in [0.2, 0.25) is 0 Å². The molecule has 0 saturated carbocycles. The van der Waals surface area contributed by atoms with Crippen LogP contribution in [-0.2, 0) is 10.2 Å². The van der Waals surface area contributed by atoms with Gasteiger partial charge in [0.25, 0.3) is 0 Å². The molecule has 1 aliphatic rings. The fourth-order valence-corrected chi connectivity index (χ4v) is 3.35. The van der Waals surface area contributed by atoms with Gasteiger partial charge in [-0.1, -0.05) is 48.5 Å². The molecule has 0 radical (unpaired) electrons. The second-order valence-electron chi connectivity index (χ2n) is 6.13. The van der Waals surface area contributed by atoms with Gasteiger partial charge in [0.1, 0.15) is 0 Å². The number of likely N-dealkylation sites (N-methyl/N-ethyl adjacent to an activating group) is 1. The lowest BCUT2D eigenvalue weighted by Crippen LogP contribution is -2.37. The van der Waals surface area contributed by atoms with Gasteiger partial charge in [0.2, 0.25) is 5.91 Å². The second kappa shape index (κ2) is 5.09. The van der Waals surface area contributed by atoms with Gasteiger partial charge in [-0.3, -0.25) is 9.59 Å². The van der Waals surface area contributed by atoms with E-state index in [0.29, 0.717) is 5.56 Å². The maximum atomic E-state index is 12.8. The Labute approximate surface area is 130 Å². The average molecular weight is 293 g/mol. The number of ketones is 1. The number of amides is 1. The third-order valence-corrected chi connectivity index (χ3v) is 4.55. The van der Waals surface area contributed by atoms with Crippen molar-refractivity contribution >= 4 is 17.4 Å². The Bertz CT molecular complexity index is 751. The zero-order chi connectivity index (χ0) is 15.9. The van der Waals surface area contributed by atoms with Gasteiger partial charge in [-0.15, -0.1) is 0 Å². The van der Waals surface area contributed by atoms with Crippen molar-refractivity contribution in [2.75, 3.05) is 11.9 Å². The van der Waals surface area contributed by atoms with Crippen molar-refractivity contribution in [3.8, 4) is 0 Å². The standard InChI is InChI=1S/C19H19NO2/c1-13-8-7-11-15-17(13)20(3)18(22)19(15,2)12-16(21)14-9-5-4-6-10-14/h4-11H,12H2,1-3H3/t19-/m1/s1. The Morgan fingerprint density at radius 2 is 1.77 bits per heavy atom. The zero-order valence-corrected chi connectivity index (χ0v) is 13.1. The highest BCUT2D eigenvalue weighted by atomic mass is 16.2. The van der Waals surface area contributed by atoms with Crippen molar-refractivity contribution in [2.45, 2.75) is 25.7 Å². The molecule has 1 amide bonds. The van der Waals surface area contributed by atoms with Gasteiger partial charge in [-0.2, -0.15) is 0 Å². The van der Waals surface area contributed by atoms with E-state index in [1.54, 1.807) is 24.1 Å². The fourth-order valence-electron chi connectivity index (χ4n) is 3.35. The summed E-state index contributed by atoms with van der Waals surface area (Å²) in [6.45, 7) is 3.87. The number of fused-ring (bicyclic) bond motifs is 1. The van der Waals surface area contributed by atoms with Gasteiger partial charge in [0.05, 0.1) is 11.1 Å². The van der Waals surface area contributed by atoms with Crippen LogP contribution in [0, 0.1) is 6.92 Å². The van der Waals surface area contributed by atoms with E-state index in [4.69, 9.17) is 0 Å². The van der Waals surface area contributed by atoms with E-state index in [0.717, 1.165) is 16.8 Å². The zero-order valence-electron chi connectivity index (χ0n) is 13.1. The highest BCUT2D eigenvalue weighted by Crippen LogP contribution is 2.45. The first-order valence-electron chi connectivity index (χ1n) is 7.41. The summed E-state index contributed by atoms with van der Waals surface area (Å²) in [6, 6.07) is 15.1. The number of carbonyl (C=O) groups excluding carboxylic acids is 2. The quantitative estimate of drug-likeness (QED) is 0.812. The van der Waals surface area contributed by atoms with Gasteiger partial charge in [-0.25, -0.2) is 0 Å². The molecule has 1 heterocycles. The molecule has 112 valence electrons. The summed E-state index contributed by atoms with van der Waals surface area (Å²) in [4.78, 5) is 27.0. The maximum absolute atomic E-state index is 12.8. The number of benzene rings is 2. The van der Waals surface area contributed by atoms with Crippen molar-refractivity contribution in [3.63, 3.8) is 0 Å². The van der Waals surface area contributed by atoms with Crippen molar-refractivity contribution in [3.05, 3.63) is 65.2 Å². The minimum atomic E-state index is -0.789. The molecule has 0 spiro atoms. The topological polar surface area (TPSA) is 37.4 Å². The molecular weight excluding hydrogens is 274 g/mol. The smallest absolute Gasteiger partial charge is 0.237 e. The Hall–Kier alpha value is -2.42. The fraction of sp³-hybridized carbons (Fsp3) is 0.263. The van der Waals surface area contributed by atoms with E-state index in [9.17, 15) is 9.59 Å². The van der Waals surface area contributed by atoms with E-state index >= 15 is 0 Å².